The third-order valence-electron chi connectivity index (χ3n) is 3.76. The van der Waals surface area contributed by atoms with Crippen molar-refractivity contribution in [2.24, 2.45) is 5.92 Å². The van der Waals surface area contributed by atoms with Crippen LogP contribution in [0.2, 0.25) is 5.02 Å². The molecule has 2 rings (SSSR count). The summed E-state index contributed by atoms with van der Waals surface area (Å²) in [7, 11) is 0. The number of nitro groups is 1. The molecule has 0 unspecified atom stereocenters. The standard InChI is InChI=1S/C14H17ClN2O3/c1-9-2-5-11(6-3-9)16-14(18)10-4-7-12(15)13(8-10)17(19)20/h4,7-9,11H,2-3,5-6H2,1H3,(H,16,18). The number of hydrogen-bond donors (Lipinski definition) is 1. The van der Waals surface area contributed by atoms with Crippen LogP contribution in [0.4, 0.5) is 5.69 Å². The fourth-order valence-corrected chi connectivity index (χ4v) is 2.65. The normalized spacial score (nSPS) is 22.3. The van der Waals surface area contributed by atoms with Crippen LogP contribution >= 0.6 is 11.6 Å². The van der Waals surface area contributed by atoms with Gasteiger partial charge in [0.2, 0.25) is 0 Å². The molecule has 1 aliphatic carbocycles. The van der Waals surface area contributed by atoms with Gasteiger partial charge >= 0.3 is 0 Å². The number of halogens is 1. The number of nitrogens with zero attached hydrogens (tertiary/aromatic N) is 1. The van der Waals surface area contributed by atoms with Crippen LogP contribution in [0.25, 0.3) is 0 Å². The lowest BCUT2D eigenvalue weighted by atomic mass is 9.87. The average molecular weight is 297 g/mol. The topological polar surface area (TPSA) is 72.2 Å². The van der Waals surface area contributed by atoms with Gasteiger partial charge in [0.15, 0.2) is 0 Å². The summed E-state index contributed by atoms with van der Waals surface area (Å²) in [6.07, 6.45) is 4.13. The molecule has 0 bridgehead atoms. The predicted octanol–water partition coefficient (Wildman–Crippen LogP) is 3.56. The van der Waals surface area contributed by atoms with Gasteiger partial charge in [0.1, 0.15) is 5.02 Å². The zero-order chi connectivity index (χ0) is 14.7. The molecule has 0 spiro atoms. The van der Waals surface area contributed by atoms with E-state index >= 15 is 0 Å². The second-order valence-corrected chi connectivity index (χ2v) is 5.76. The number of rotatable bonds is 3. The Morgan fingerprint density at radius 3 is 2.60 bits per heavy atom. The monoisotopic (exact) mass is 296 g/mol. The van der Waals surface area contributed by atoms with Gasteiger partial charge in [-0.2, -0.15) is 0 Å². The van der Waals surface area contributed by atoms with Crippen molar-refractivity contribution in [3.05, 3.63) is 38.9 Å². The molecular weight excluding hydrogens is 280 g/mol. The summed E-state index contributed by atoms with van der Waals surface area (Å²) in [5, 5.41) is 13.8. The van der Waals surface area contributed by atoms with E-state index < -0.39 is 4.92 Å². The molecule has 0 heterocycles. The highest BCUT2D eigenvalue weighted by molar-refractivity contribution is 6.32. The maximum Gasteiger partial charge on any atom is 0.288 e. The molecule has 1 N–H and O–H groups in total. The lowest BCUT2D eigenvalue weighted by molar-refractivity contribution is -0.384. The summed E-state index contributed by atoms with van der Waals surface area (Å²) in [5.74, 6) is 0.434. The van der Waals surface area contributed by atoms with E-state index in [0.29, 0.717) is 5.92 Å². The van der Waals surface area contributed by atoms with Gasteiger partial charge in [-0.25, -0.2) is 0 Å². The quantitative estimate of drug-likeness (QED) is 0.684. The molecule has 0 radical (unpaired) electrons. The van der Waals surface area contributed by atoms with Crippen molar-refractivity contribution in [2.45, 2.75) is 38.6 Å². The molecule has 6 heteroatoms. The molecule has 1 aromatic carbocycles. The Kier molecular flexibility index (Phi) is 4.60. The molecule has 0 aliphatic heterocycles. The Morgan fingerprint density at radius 2 is 2.00 bits per heavy atom. The minimum absolute atomic E-state index is 0.0399. The highest BCUT2D eigenvalue weighted by atomic mass is 35.5. The van der Waals surface area contributed by atoms with Gasteiger partial charge in [0.25, 0.3) is 11.6 Å². The molecule has 1 saturated carbocycles. The Balaban J connectivity index is 2.06. The van der Waals surface area contributed by atoms with Crippen molar-refractivity contribution >= 4 is 23.2 Å². The van der Waals surface area contributed by atoms with E-state index in [0.717, 1.165) is 25.7 Å². The van der Waals surface area contributed by atoms with E-state index in [1.807, 2.05) is 0 Å². The van der Waals surface area contributed by atoms with E-state index in [1.54, 1.807) is 0 Å². The fourth-order valence-electron chi connectivity index (χ4n) is 2.47. The Hall–Kier alpha value is -1.62. The van der Waals surface area contributed by atoms with Crippen LogP contribution in [0, 0.1) is 16.0 Å². The number of carbonyl (C=O) groups excluding carboxylic acids is 1. The Bertz CT molecular complexity index is 525. The molecule has 1 fully saturated rings. The molecule has 0 atom stereocenters. The molecular formula is C14H17ClN2O3. The van der Waals surface area contributed by atoms with Crippen molar-refractivity contribution in [1.29, 1.82) is 0 Å². The van der Waals surface area contributed by atoms with Crippen molar-refractivity contribution in [1.82, 2.24) is 5.32 Å². The smallest absolute Gasteiger partial charge is 0.288 e. The first-order chi connectivity index (χ1) is 9.47. The maximum atomic E-state index is 12.1. The predicted molar refractivity (Wildman–Crippen MR) is 77.0 cm³/mol. The van der Waals surface area contributed by atoms with Crippen molar-refractivity contribution in [3.8, 4) is 0 Å². The first-order valence-corrected chi connectivity index (χ1v) is 7.10. The van der Waals surface area contributed by atoms with E-state index in [4.69, 9.17) is 11.6 Å². The molecule has 1 amide bonds. The molecule has 0 saturated heterocycles. The Morgan fingerprint density at radius 1 is 1.35 bits per heavy atom. The van der Waals surface area contributed by atoms with Crippen molar-refractivity contribution in [3.63, 3.8) is 0 Å². The first-order valence-electron chi connectivity index (χ1n) is 6.72. The number of nitrogens with one attached hydrogen (secondary N) is 1. The summed E-state index contributed by atoms with van der Waals surface area (Å²) in [6.45, 7) is 2.21. The second kappa shape index (κ2) is 6.22. The molecule has 20 heavy (non-hydrogen) atoms. The van der Waals surface area contributed by atoms with Gasteiger partial charge in [-0.15, -0.1) is 0 Å². The number of amides is 1. The summed E-state index contributed by atoms with van der Waals surface area (Å²) in [4.78, 5) is 22.3. The van der Waals surface area contributed by atoms with E-state index in [9.17, 15) is 14.9 Å². The van der Waals surface area contributed by atoms with Crippen LogP contribution < -0.4 is 5.32 Å². The minimum atomic E-state index is -0.582. The lowest BCUT2D eigenvalue weighted by Gasteiger charge is -2.26. The second-order valence-electron chi connectivity index (χ2n) is 5.35. The zero-order valence-corrected chi connectivity index (χ0v) is 12.0. The van der Waals surface area contributed by atoms with Gasteiger partial charge in [0.05, 0.1) is 4.92 Å². The SMILES string of the molecule is CC1CCC(NC(=O)c2ccc(Cl)c([N+](=O)[O-])c2)CC1. The number of carbonyl (C=O) groups is 1. The van der Waals surface area contributed by atoms with E-state index in [2.05, 4.69) is 12.2 Å². The highest BCUT2D eigenvalue weighted by Crippen LogP contribution is 2.26. The van der Waals surface area contributed by atoms with Crippen LogP contribution in [-0.2, 0) is 0 Å². The molecule has 1 aromatic rings. The maximum absolute atomic E-state index is 12.1. The lowest BCUT2D eigenvalue weighted by Crippen LogP contribution is -2.37. The molecule has 1 aliphatic rings. The molecule has 0 aromatic heterocycles. The van der Waals surface area contributed by atoms with E-state index in [1.165, 1.54) is 18.2 Å². The van der Waals surface area contributed by atoms with Gasteiger partial charge in [-0.1, -0.05) is 18.5 Å². The summed E-state index contributed by atoms with van der Waals surface area (Å²) in [6, 6.07) is 4.28. The Labute approximate surface area is 122 Å². The van der Waals surface area contributed by atoms with Crippen LogP contribution in [0.3, 0.4) is 0 Å². The zero-order valence-electron chi connectivity index (χ0n) is 11.3. The average Bonchev–Trinajstić information content (AvgIpc) is 2.41. The molecule has 5 nitrogen and oxygen atoms in total. The molecule has 108 valence electrons. The first kappa shape index (κ1) is 14.8. The van der Waals surface area contributed by atoms with Gasteiger partial charge < -0.3 is 5.32 Å². The number of benzene rings is 1. The van der Waals surface area contributed by atoms with Crippen LogP contribution in [-0.4, -0.2) is 16.9 Å². The summed E-state index contributed by atoms with van der Waals surface area (Å²) in [5.41, 5.74) is 0.0382. The van der Waals surface area contributed by atoms with Crippen LogP contribution in [0.15, 0.2) is 18.2 Å². The van der Waals surface area contributed by atoms with Crippen molar-refractivity contribution < 1.29 is 9.72 Å². The summed E-state index contributed by atoms with van der Waals surface area (Å²) < 4.78 is 0. The number of hydrogen-bond acceptors (Lipinski definition) is 3. The largest absolute Gasteiger partial charge is 0.349 e. The van der Waals surface area contributed by atoms with Crippen molar-refractivity contribution in [2.75, 3.05) is 0 Å². The van der Waals surface area contributed by atoms with Gasteiger partial charge in [0, 0.05) is 17.7 Å². The third kappa shape index (κ3) is 3.48. The van der Waals surface area contributed by atoms with Crippen LogP contribution in [0.5, 0.6) is 0 Å². The fraction of sp³-hybridized carbons (Fsp3) is 0.500. The highest BCUT2D eigenvalue weighted by Gasteiger charge is 2.22. The summed E-state index contributed by atoms with van der Waals surface area (Å²) >= 11 is 5.73. The van der Waals surface area contributed by atoms with Gasteiger partial charge in [-0.05, 0) is 43.7 Å². The number of nitro benzene ring substituents is 1. The van der Waals surface area contributed by atoms with Crippen LogP contribution in [0.1, 0.15) is 43.0 Å². The third-order valence-corrected chi connectivity index (χ3v) is 4.08. The minimum Gasteiger partial charge on any atom is -0.349 e. The van der Waals surface area contributed by atoms with E-state index in [-0.39, 0.29) is 28.2 Å². The van der Waals surface area contributed by atoms with Gasteiger partial charge in [-0.3, -0.25) is 14.9 Å².